The van der Waals surface area contributed by atoms with E-state index >= 15 is 0 Å². The molecule has 1 amide bonds. The molecule has 0 spiro atoms. The zero-order valence-corrected chi connectivity index (χ0v) is 12.1. The Morgan fingerprint density at radius 2 is 2.21 bits per heavy atom. The molecule has 1 aromatic rings. The van der Waals surface area contributed by atoms with Crippen LogP contribution in [0.4, 0.5) is 5.82 Å². The van der Waals surface area contributed by atoms with E-state index in [1.165, 1.54) is 0 Å². The van der Waals surface area contributed by atoms with Gasteiger partial charge in [-0.1, -0.05) is 24.9 Å². The molecule has 1 rings (SSSR count). The molecule has 0 aliphatic rings. The summed E-state index contributed by atoms with van der Waals surface area (Å²) in [7, 11) is 1.74. The van der Waals surface area contributed by atoms with Crippen LogP contribution in [0.5, 0.6) is 0 Å². The van der Waals surface area contributed by atoms with Crippen molar-refractivity contribution in [3.8, 4) is 0 Å². The number of nitrogens with zero attached hydrogens (tertiary/aromatic N) is 1. The van der Waals surface area contributed by atoms with Crippen molar-refractivity contribution in [2.45, 2.75) is 19.8 Å². The second-order valence-corrected chi connectivity index (χ2v) is 4.41. The summed E-state index contributed by atoms with van der Waals surface area (Å²) in [5, 5.41) is 5.93. The molecule has 0 saturated heterocycles. The van der Waals surface area contributed by atoms with Crippen molar-refractivity contribution >= 4 is 23.3 Å². The first kappa shape index (κ1) is 15.7. The van der Waals surface area contributed by atoms with Crippen LogP contribution in [0, 0.1) is 0 Å². The van der Waals surface area contributed by atoms with E-state index in [0.717, 1.165) is 19.4 Å². The van der Waals surface area contributed by atoms with E-state index < -0.39 is 0 Å². The molecule has 0 bridgehead atoms. The predicted molar refractivity (Wildman–Crippen MR) is 76.9 cm³/mol. The maximum atomic E-state index is 11.9. The fraction of sp³-hybridized carbons (Fsp3) is 0.538. The first-order valence-corrected chi connectivity index (χ1v) is 6.77. The monoisotopic (exact) mass is 285 g/mol. The Morgan fingerprint density at radius 3 is 2.89 bits per heavy atom. The summed E-state index contributed by atoms with van der Waals surface area (Å²) in [5.41, 5.74) is 0.224. The zero-order chi connectivity index (χ0) is 14.1. The second-order valence-electron chi connectivity index (χ2n) is 4.00. The van der Waals surface area contributed by atoms with Crippen molar-refractivity contribution < 1.29 is 9.53 Å². The van der Waals surface area contributed by atoms with Gasteiger partial charge < -0.3 is 15.4 Å². The Kier molecular flexibility index (Phi) is 7.22. The van der Waals surface area contributed by atoms with Crippen LogP contribution < -0.4 is 10.6 Å². The third-order valence-corrected chi connectivity index (χ3v) is 2.80. The molecular formula is C13H20ClN3O2. The van der Waals surface area contributed by atoms with Crippen LogP contribution >= 0.6 is 11.6 Å². The minimum Gasteiger partial charge on any atom is -0.380 e. The molecule has 0 aliphatic heterocycles. The minimum atomic E-state index is -0.291. The molecule has 0 aliphatic carbocycles. The van der Waals surface area contributed by atoms with Crippen LogP contribution in [0.25, 0.3) is 0 Å². The summed E-state index contributed by atoms with van der Waals surface area (Å²) >= 11 is 5.95. The van der Waals surface area contributed by atoms with Crippen LogP contribution in [0.2, 0.25) is 5.02 Å². The summed E-state index contributed by atoms with van der Waals surface area (Å²) in [5.74, 6) is 0.315. The molecule has 0 fully saturated rings. The average Bonchev–Trinajstić information content (AvgIpc) is 2.43. The van der Waals surface area contributed by atoms with E-state index in [1.54, 1.807) is 19.2 Å². The first-order chi connectivity index (χ1) is 9.19. The van der Waals surface area contributed by atoms with Crippen LogP contribution in [-0.2, 0) is 4.74 Å². The summed E-state index contributed by atoms with van der Waals surface area (Å²) in [6.45, 7) is 3.77. The van der Waals surface area contributed by atoms with Gasteiger partial charge in [0.25, 0.3) is 5.91 Å². The van der Waals surface area contributed by atoms with Gasteiger partial charge >= 0.3 is 0 Å². The van der Waals surface area contributed by atoms with Crippen molar-refractivity contribution in [3.05, 3.63) is 22.8 Å². The SMILES string of the molecule is CCCCOCCNC(=O)c1nc(NC)ccc1Cl. The van der Waals surface area contributed by atoms with Gasteiger partial charge in [-0.2, -0.15) is 0 Å². The summed E-state index contributed by atoms with van der Waals surface area (Å²) in [4.78, 5) is 16.0. The molecule has 2 N–H and O–H groups in total. The zero-order valence-electron chi connectivity index (χ0n) is 11.3. The van der Waals surface area contributed by atoms with E-state index in [4.69, 9.17) is 16.3 Å². The fourth-order valence-corrected chi connectivity index (χ4v) is 1.60. The van der Waals surface area contributed by atoms with Gasteiger partial charge in [0.1, 0.15) is 11.5 Å². The second kappa shape index (κ2) is 8.72. The number of pyridine rings is 1. The number of anilines is 1. The van der Waals surface area contributed by atoms with Crippen LogP contribution in [0.15, 0.2) is 12.1 Å². The number of halogens is 1. The predicted octanol–water partition coefficient (Wildman–Crippen LogP) is 2.32. The summed E-state index contributed by atoms with van der Waals surface area (Å²) in [6, 6.07) is 3.36. The molecule has 5 nitrogen and oxygen atoms in total. The molecule has 1 heterocycles. The molecule has 0 saturated carbocycles. The lowest BCUT2D eigenvalue weighted by molar-refractivity contribution is 0.0908. The lowest BCUT2D eigenvalue weighted by Gasteiger charge is -2.08. The number of hydrogen-bond donors (Lipinski definition) is 2. The highest BCUT2D eigenvalue weighted by Gasteiger charge is 2.12. The normalized spacial score (nSPS) is 10.3. The largest absolute Gasteiger partial charge is 0.380 e. The van der Waals surface area contributed by atoms with Gasteiger partial charge in [-0.3, -0.25) is 4.79 Å². The number of rotatable bonds is 8. The van der Waals surface area contributed by atoms with Crippen LogP contribution in [0.3, 0.4) is 0 Å². The number of nitrogens with one attached hydrogen (secondary N) is 2. The highest BCUT2D eigenvalue weighted by Crippen LogP contribution is 2.16. The fourth-order valence-electron chi connectivity index (χ4n) is 1.41. The number of carbonyl (C=O) groups is 1. The van der Waals surface area contributed by atoms with Crippen molar-refractivity contribution in [2.24, 2.45) is 0 Å². The quantitative estimate of drug-likeness (QED) is 0.720. The lowest BCUT2D eigenvalue weighted by atomic mass is 10.3. The van der Waals surface area contributed by atoms with Crippen molar-refractivity contribution in [1.82, 2.24) is 10.3 Å². The summed E-state index contributed by atoms with van der Waals surface area (Å²) in [6.07, 6.45) is 2.13. The molecular weight excluding hydrogens is 266 g/mol. The maximum absolute atomic E-state index is 11.9. The van der Waals surface area contributed by atoms with Gasteiger partial charge in [0, 0.05) is 20.2 Å². The molecule has 6 heteroatoms. The van der Waals surface area contributed by atoms with Crippen LogP contribution in [-0.4, -0.2) is 37.7 Å². The van der Waals surface area contributed by atoms with Gasteiger partial charge in [0.15, 0.2) is 0 Å². The third kappa shape index (κ3) is 5.44. The molecule has 106 valence electrons. The van der Waals surface area contributed by atoms with E-state index in [9.17, 15) is 4.79 Å². The minimum absolute atomic E-state index is 0.224. The maximum Gasteiger partial charge on any atom is 0.271 e. The standard InChI is InChI=1S/C13H20ClN3O2/c1-3-4-8-19-9-7-16-13(18)12-10(14)5-6-11(15-2)17-12/h5-6H,3-4,7-9H2,1-2H3,(H,15,17)(H,16,18). The number of ether oxygens (including phenoxy) is 1. The van der Waals surface area contributed by atoms with Crippen molar-refractivity contribution in [1.29, 1.82) is 0 Å². The molecule has 0 aromatic carbocycles. The van der Waals surface area contributed by atoms with E-state index in [2.05, 4.69) is 22.5 Å². The van der Waals surface area contributed by atoms with Crippen LogP contribution in [0.1, 0.15) is 30.3 Å². The Labute approximate surface area is 118 Å². The van der Waals surface area contributed by atoms with Crippen molar-refractivity contribution in [2.75, 3.05) is 32.1 Å². The molecule has 0 atom stereocenters. The molecule has 1 aromatic heterocycles. The first-order valence-electron chi connectivity index (χ1n) is 6.39. The number of hydrogen-bond acceptors (Lipinski definition) is 4. The van der Waals surface area contributed by atoms with Gasteiger partial charge in [-0.25, -0.2) is 4.98 Å². The van der Waals surface area contributed by atoms with Crippen molar-refractivity contribution in [3.63, 3.8) is 0 Å². The number of carbonyl (C=O) groups excluding carboxylic acids is 1. The van der Waals surface area contributed by atoms with Gasteiger partial charge in [-0.15, -0.1) is 0 Å². The van der Waals surface area contributed by atoms with E-state index in [-0.39, 0.29) is 11.6 Å². The van der Waals surface area contributed by atoms with E-state index in [1.807, 2.05) is 0 Å². The number of amides is 1. The molecule has 0 radical (unpaired) electrons. The van der Waals surface area contributed by atoms with E-state index in [0.29, 0.717) is 24.0 Å². The Bertz CT molecular complexity index is 413. The third-order valence-electron chi connectivity index (χ3n) is 2.49. The topological polar surface area (TPSA) is 63.2 Å². The lowest BCUT2D eigenvalue weighted by Crippen LogP contribution is -2.28. The van der Waals surface area contributed by atoms with Gasteiger partial charge in [0.05, 0.1) is 11.6 Å². The van der Waals surface area contributed by atoms with Gasteiger partial charge in [0.2, 0.25) is 0 Å². The number of unbranched alkanes of at least 4 members (excludes halogenated alkanes) is 1. The van der Waals surface area contributed by atoms with Gasteiger partial charge in [-0.05, 0) is 18.6 Å². The number of aromatic nitrogens is 1. The average molecular weight is 286 g/mol. The Balaban J connectivity index is 2.40. The Morgan fingerprint density at radius 1 is 1.42 bits per heavy atom. The molecule has 0 unspecified atom stereocenters. The molecule has 19 heavy (non-hydrogen) atoms. The highest BCUT2D eigenvalue weighted by atomic mass is 35.5. The summed E-state index contributed by atoms with van der Waals surface area (Å²) < 4.78 is 5.35. The smallest absolute Gasteiger partial charge is 0.271 e. The highest BCUT2D eigenvalue weighted by molar-refractivity contribution is 6.33. The Hall–Kier alpha value is -1.33.